The number of nitrogens with zero attached hydrogens (tertiary/aromatic N) is 1. The third-order valence-electron chi connectivity index (χ3n) is 4.30. The second-order valence-corrected chi connectivity index (χ2v) is 7.45. The van der Waals surface area contributed by atoms with Crippen LogP contribution in [-0.2, 0) is 0 Å². The van der Waals surface area contributed by atoms with Crippen molar-refractivity contribution in [3.05, 3.63) is 34.9 Å². The van der Waals surface area contributed by atoms with E-state index >= 15 is 0 Å². The minimum absolute atomic E-state index is 0.446. The first-order valence-corrected chi connectivity index (χ1v) is 8.14. The largest absolute Gasteiger partial charge is 0.367 e. The van der Waals surface area contributed by atoms with E-state index in [0.717, 1.165) is 10.3 Å². The van der Waals surface area contributed by atoms with E-state index in [1.54, 1.807) is 0 Å². The van der Waals surface area contributed by atoms with Crippen molar-refractivity contribution < 1.29 is 0 Å². The number of hydrogen-bond acceptors (Lipinski definition) is 2. The van der Waals surface area contributed by atoms with Crippen LogP contribution in [-0.4, -0.2) is 11.0 Å². The molecule has 0 saturated heterocycles. The SMILES string of the molecule is CC1(C)CCCC(Nc2nccc3c(Br)cccc23)C1. The molecule has 1 atom stereocenters. The van der Waals surface area contributed by atoms with Crippen molar-refractivity contribution in [2.24, 2.45) is 5.41 Å². The summed E-state index contributed by atoms with van der Waals surface area (Å²) in [6, 6.07) is 8.90. The number of rotatable bonds is 2. The van der Waals surface area contributed by atoms with Crippen molar-refractivity contribution in [3.8, 4) is 0 Å². The van der Waals surface area contributed by atoms with Gasteiger partial charge in [0.15, 0.2) is 0 Å². The maximum absolute atomic E-state index is 4.56. The predicted octanol–water partition coefficient (Wildman–Crippen LogP) is 5.38. The standard InChI is InChI=1S/C17H21BrN2/c1-17(2)9-4-5-12(11-17)20-16-14-6-3-7-15(18)13(14)8-10-19-16/h3,6-8,10,12H,4-5,9,11H2,1-2H3,(H,19,20). The average molecular weight is 333 g/mol. The number of aromatic nitrogens is 1. The van der Waals surface area contributed by atoms with E-state index in [1.807, 2.05) is 6.20 Å². The molecule has 0 bridgehead atoms. The number of anilines is 1. The van der Waals surface area contributed by atoms with Gasteiger partial charge in [0.1, 0.15) is 5.82 Å². The van der Waals surface area contributed by atoms with Gasteiger partial charge in [-0.2, -0.15) is 0 Å². The van der Waals surface area contributed by atoms with E-state index in [9.17, 15) is 0 Å². The molecule has 20 heavy (non-hydrogen) atoms. The second-order valence-electron chi connectivity index (χ2n) is 6.60. The first-order valence-electron chi connectivity index (χ1n) is 7.35. The lowest BCUT2D eigenvalue weighted by Crippen LogP contribution is -2.32. The Hall–Kier alpha value is -1.09. The average Bonchev–Trinajstić information content (AvgIpc) is 2.39. The van der Waals surface area contributed by atoms with Crippen LogP contribution in [0.2, 0.25) is 0 Å². The summed E-state index contributed by atoms with van der Waals surface area (Å²) in [5.74, 6) is 1.02. The first kappa shape index (κ1) is 13.9. The van der Waals surface area contributed by atoms with E-state index < -0.39 is 0 Å². The molecular weight excluding hydrogens is 312 g/mol. The number of nitrogens with one attached hydrogen (secondary N) is 1. The summed E-state index contributed by atoms with van der Waals surface area (Å²) in [6.45, 7) is 4.74. The molecule has 1 saturated carbocycles. The molecular formula is C17H21BrN2. The lowest BCUT2D eigenvalue weighted by Gasteiger charge is -2.36. The highest BCUT2D eigenvalue weighted by atomic mass is 79.9. The molecule has 1 aromatic carbocycles. The Balaban J connectivity index is 1.89. The monoisotopic (exact) mass is 332 g/mol. The van der Waals surface area contributed by atoms with Gasteiger partial charge >= 0.3 is 0 Å². The fraction of sp³-hybridized carbons (Fsp3) is 0.471. The quantitative estimate of drug-likeness (QED) is 0.798. The molecule has 106 valence electrons. The van der Waals surface area contributed by atoms with Gasteiger partial charge in [-0.25, -0.2) is 4.98 Å². The van der Waals surface area contributed by atoms with Gasteiger partial charge in [0.25, 0.3) is 0 Å². The van der Waals surface area contributed by atoms with Crippen molar-refractivity contribution in [1.29, 1.82) is 0 Å². The first-order chi connectivity index (χ1) is 9.55. The maximum Gasteiger partial charge on any atom is 0.134 e. The highest BCUT2D eigenvalue weighted by Gasteiger charge is 2.28. The molecule has 1 heterocycles. The Bertz CT molecular complexity index is 621. The van der Waals surface area contributed by atoms with Gasteiger partial charge < -0.3 is 5.32 Å². The summed E-state index contributed by atoms with van der Waals surface area (Å²) in [7, 11) is 0. The Morgan fingerprint density at radius 3 is 2.90 bits per heavy atom. The maximum atomic E-state index is 4.56. The van der Waals surface area contributed by atoms with E-state index in [1.165, 1.54) is 36.5 Å². The Morgan fingerprint density at radius 1 is 1.25 bits per heavy atom. The third-order valence-corrected chi connectivity index (χ3v) is 4.99. The van der Waals surface area contributed by atoms with E-state index in [4.69, 9.17) is 0 Å². The Labute approximate surface area is 129 Å². The van der Waals surface area contributed by atoms with Crippen LogP contribution in [0.15, 0.2) is 34.9 Å². The molecule has 1 fully saturated rings. The third kappa shape index (κ3) is 2.83. The molecule has 0 aliphatic heterocycles. The van der Waals surface area contributed by atoms with Crippen molar-refractivity contribution in [2.75, 3.05) is 5.32 Å². The van der Waals surface area contributed by atoms with Crippen LogP contribution < -0.4 is 5.32 Å². The fourth-order valence-corrected chi connectivity index (χ4v) is 3.80. The fourth-order valence-electron chi connectivity index (χ4n) is 3.30. The minimum Gasteiger partial charge on any atom is -0.367 e. The Morgan fingerprint density at radius 2 is 2.10 bits per heavy atom. The molecule has 0 spiro atoms. The van der Waals surface area contributed by atoms with Crippen molar-refractivity contribution in [3.63, 3.8) is 0 Å². The van der Waals surface area contributed by atoms with Crippen LogP contribution in [0, 0.1) is 5.41 Å². The summed E-state index contributed by atoms with van der Waals surface area (Å²) in [4.78, 5) is 4.56. The smallest absolute Gasteiger partial charge is 0.134 e. The topological polar surface area (TPSA) is 24.9 Å². The van der Waals surface area contributed by atoms with Crippen LogP contribution in [0.5, 0.6) is 0 Å². The van der Waals surface area contributed by atoms with Gasteiger partial charge in [0.2, 0.25) is 0 Å². The van der Waals surface area contributed by atoms with Crippen molar-refractivity contribution >= 4 is 32.5 Å². The number of fused-ring (bicyclic) bond motifs is 1. The summed E-state index contributed by atoms with van der Waals surface area (Å²) >= 11 is 3.62. The van der Waals surface area contributed by atoms with Crippen molar-refractivity contribution in [2.45, 2.75) is 45.6 Å². The highest BCUT2D eigenvalue weighted by molar-refractivity contribution is 9.10. The molecule has 1 aromatic heterocycles. The van der Waals surface area contributed by atoms with Gasteiger partial charge in [0, 0.05) is 27.5 Å². The molecule has 1 N–H and O–H groups in total. The molecule has 0 radical (unpaired) electrons. The normalized spacial score (nSPS) is 21.9. The number of hydrogen-bond donors (Lipinski definition) is 1. The van der Waals surface area contributed by atoms with Gasteiger partial charge in [0.05, 0.1) is 0 Å². The molecule has 3 heteroatoms. The lowest BCUT2D eigenvalue weighted by molar-refractivity contribution is 0.229. The summed E-state index contributed by atoms with van der Waals surface area (Å²) in [5.41, 5.74) is 0.446. The number of benzene rings is 1. The molecule has 0 amide bonds. The summed E-state index contributed by atoms with van der Waals surface area (Å²) in [6.07, 6.45) is 7.00. The van der Waals surface area contributed by atoms with Gasteiger partial charge in [-0.15, -0.1) is 0 Å². The summed E-state index contributed by atoms with van der Waals surface area (Å²) < 4.78 is 1.13. The molecule has 1 aliphatic rings. The van der Waals surface area contributed by atoms with Crippen LogP contribution >= 0.6 is 15.9 Å². The molecule has 1 unspecified atom stereocenters. The number of halogens is 1. The van der Waals surface area contributed by atoms with E-state index in [0.29, 0.717) is 11.5 Å². The highest BCUT2D eigenvalue weighted by Crippen LogP contribution is 2.37. The van der Waals surface area contributed by atoms with Gasteiger partial charge in [-0.3, -0.25) is 0 Å². The van der Waals surface area contributed by atoms with Crippen LogP contribution in [0.1, 0.15) is 39.5 Å². The zero-order chi connectivity index (χ0) is 14.2. The Kier molecular flexibility index (Phi) is 3.72. The molecule has 1 aliphatic carbocycles. The minimum atomic E-state index is 0.446. The lowest BCUT2D eigenvalue weighted by atomic mass is 9.75. The molecule has 2 aromatic rings. The van der Waals surface area contributed by atoms with Gasteiger partial charge in [-0.1, -0.05) is 48.3 Å². The van der Waals surface area contributed by atoms with E-state index in [-0.39, 0.29) is 0 Å². The van der Waals surface area contributed by atoms with E-state index in [2.05, 4.69) is 64.3 Å². The van der Waals surface area contributed by atoms with Crippen LogP contribution in [0.25, 0.3) is 10.8 Å². The molecule has 2 nitrogen and oxygen atoms in total. The zero-order valence-corrected chi connectivity index (χ0v) is 13.7. The summed E-state index contributed by atoms with van der Waals surface area (Å²) in [5, 5.41) is 6.10. The van der Waals surface area contributed by atoms with Crippen molar-refractivity contribution in [1.82, 2.24) is 4.98 Å². The predicted molar refractivity (Wildman–Crippen MR) is 89.1 cm³/mol. The van der Waals surface area contributed by atoms with Gasteiger partial charge in [-0.05, 0) is 36.8 Å². The molecule has 3 rings (SSSR count). The zero-order valence-electron chi connectivity index (χ0n) is 12.1. The number of pyridine rings is 1. The van der Waals surface area contributed by atoms with Crippen LogP contribution in [0.4, 0.5) is 5.82 Å². The second kappa shape index (κ2) is 5.36. The van der Waals surface area contributed by atoms with Crippen LogP contribution in [0.3, 0.4) is 0 Å².